The maximum Gasteiger partial charge on any atom is 0.274 e. The van der Waals surface area contributed by atoms with E-state index < -0.39 is 0 Å². The Morgan fingerprint density at radius 2 is 1.82 bits per heavy atom. The summed E-state index contributed by atoms with van der Waals surface area (Å²) in [5.74, 6) is 0.808. The van der Waals surface area contributed by atoms with Crippen molar-refractivity contribution in [1.82, 2.24) is 15.6 Å². The molecule has 0 unspecified atom stereocenters. The van der Waals surface area contributed by atoms with Gasteiger partial charge in [-0.25, -0.2) is 4.98 Å². The van der Waals surface area contributed by atoms with Gasteiger partial charge in [-0.15, -0.1) is 0 Å². The minimum Gasteiger partial charge on any atom is -0.440 e. The molecule has 3 N–H and O–H groups in total. The van der Waals surface area contributed by atoms with Crippen LogP contribution in [0.25, 0.3) is 11.3 Å². The van der Waals surface area contributed by atoms with Gasteiger partial charge in [-0.3, -0.25) is 9.59 Å². The lowest BCUT2D eigenvalue weighted by Gasteiger charge is -2.19. The van der Waals surface area contributed by atoms with Crippen LogP contribution in [0.4, 0.5) is 5.69 Å². The highest BCUT2D eigenvalue weighted by Crippen LogP contribution is 2.32. The molecule has 1 aromatic heterocycles. The Morgan fingerprint density at radius 1 is 1.06 bits per heavy atom. The topological polar surface area (TPSA) is 105 Å². The van der Waals surface area contributed by atoms with Gasteiger partial charge < -0.3 is 25.1 Å². The number of carbonyl (C=O) groups is 2. The zero-order valence-electron chi connectivity index (χ0n) is 19.1. The molecule has 0 aliphatic carbocycles. The molecule has 0 bridgehead atoms. The van der Waals surface area contributed by atoms with Crippen molar-refractivity contribution in [3.63, 3.8) is 0 Å². The number of benzene rings is 2. The van der Waals surface area contributed by atoms with E-state index in [2.05, 4.69) is 33.1 Å². The molecule has 8 nitrogen and oxygen atoms in total. The van der Waals surface area contributed by atoms with Crippen molar-refractivity contribution in [1.29, 1.82) is 0 Å². The number of oxazole rings is 1. The molecule has 1 saturated heterocycles. The number of amides is 2. The van der Waals surface area contributed by atoms with Gasteiger partial charge in [0.05, 0.1) is 13.2 Å². The molecule has 0 saturated carbocycles. The van der Waals surface area contributed by atoms with E-state index in [-0.39, 0.29) is 23.4 Å². The van der Waals surface area contributed by atoms with Crippen LogP contribution in [0, 0.1) is 0 Å². The van der Waals surface area contributed by atoms with E-state index in [4.69, 9.17) is 9.15 Å². The third-order valence-corrected chi connectivity index (χ3v) is 6.25. The van der Waals surface area contributed by atoms with E-state index in [0.29, 0.717) is 37.1 Å². The summed E-state index contributed by atoms with van der Waals surface area (Å²) in [7, 11) is 0. The summed E-state index contributed by atoms with van der Waals surface area (Å²) >= 11 is 0. The number of nitrogens with one attached hydrogen (secondary N) is 3. The average molecular weight is 461 g/mol. The molecule has 0 radical (unpaired) electrons. The van der Waals surface area contributed by atoms with E-state index in [1.54, 1.807) is 12.1 Å². The Bertz CT molecular complexity index is 1200. The first kappa shape index (κ1) is 22.3. The van der Waals surface area contributed by atoms with Crippen molar-refractivity contribution in [3.8, 4) is 11.3 Å². The Hall–Kier alpha value is -3.49. The number of carbonyl (C=O) groups excluding carboxylic acids is 2. The van der Waals surface area contributed by atoms with Crippen molar-refractivity contribution < 1.29 is 18.7 Å². The molecule has 0 spiro atoms. The number of ether oxygens (including phenoxy) is 1. The SMILES string of the molecule is CC(=O)Nc1ccc(-c2oc(C3CCNCC3)nc2C(=O)NCc2ccc3c(c2)COC3)cc1. The summed E-state index contributed by atoms with van der Waals surface area (Å²) in [6.45, 7) is 4.91. The highest BCUT2D eigenvalue weighted by atomic mass is 16.5. The van der Waals surface area contributed by atoms with E-state index >= 15 is 0 Å². The van der Waals surface area contributed by atoms with Crippen molar-refractivity contribution >= 4 is 17.5 Å². The van der Waals surface area contributed by atoms with Crippen LogP contribution in [0.15, 0.2) is 46.9 Å². The lowest BCUT2D eigenvalue weighted by molar-refractivity contribution is -0.114. The van der Waals surface area contributed by atoms with Gasteiger partial charge in [0.15, 0.2) is 17.3 Å². The first-order chi connectivity index (χ1) is 16.6. The third kappa shape index (κ3) is 4.88. The highest BCUT2D eigenvalue weighted by Gasteiger charge is 2.27. The molecule has 176 valence electrons. The summed E-state index contributed by atoms with van der Waals surface area (Å²) in [4.78, 5) is 29.2. The molecule has 2 aliphatic heterocycles. The van der Waals surface area contributed by atoms with Crippen molar-refractivity contribution in [3.05, 3.63) is 70.7 Å². The fourth-order valence-electron chi connectivity index (χ4n) is 4.44. The highest BCUT2D eigenvalue weighted by molar-refractivity contribution is 5.98. The van der Waals surface area contributed by atoms with Gasteiger partial charge in [-0.1, -0.05) is 18.2 Å². The molecular weight excluding hydrogens is 432 g/mol. The van der Waals surface area contributed by atoms with Gasteiger partial charge in [0.2, 0.25) is 5.91 Å². The molecule has 1 fully saturated rings. The number of rotatable bonds is 6. The van der Waals surface area contributed by atoms with Crippen LogP contribution >= 0.6 is 0 Å². The average Bonchev–Trinajstić information content (AvgIpc) is 3.50. The lowest BCUT2D eigenvalue weighted by atomic mass is 9.98. The summed E-state index contributed by atoms with van der Waals surface area (Å²) in [6, 6.07) is 13.4. The van der Waals surface area contributed by atoms with Gasteiger partial charge >= 0.3 is 0 Å². The quantitative estimate of drug-likeness (QED) is 0.518. The van der Waals surface area contributed by atoms with Gasteiger partial charge in [0.1, 0.15) is 0 Å². The number of piperidine rings is 1. The van der Waals surface area contributed by atoms with Crippen LogP contribution in [-0.2, 0) is 29.3 Å². The first-order valence-corrected chi connectivity index (χ1v) is 11.6. The summed E-state index contributed by atoms with van der Waals surface area (Å²) < 4.78 is 11.7. The molecule has 5 rings (SSSR count). The Balaban J connectivity index is 1.39. The Kier molecular flexibility index (Phi) is 6.42. The molecule has 2 aliphatic rings. The second-order valence-corrected chi connectivity index (χ2v) is 8.79. The van der Waals surface area contributed by atoms with Crippen LogP contribution < -0.4 is 16.0 Å². The van der Waals surface area contributed by atoms with Crippen LogP contribution in [0.2, 0.25) is 0 Å². The van der Waals surface area contributed by atoms with Gasteiger partial charge in [0.25, 0.3) is 5.91 Å². The maximum atomic E-state index is 13.2. The van der Waals surface area contributed by atoms with E-state index in [1.165, 1.54) is 18.1 Å². The van der Waals surface area contributed by atoms with Crippen molar-refractivity contribution in [2.24, 2.45) is 0 Å². The number of fused-ring (bicyclic) bond motifs is 1. The largest absolute Gasteiger partial charge is 0.440 e. The van der Waals surface area contributed by atoms with Gasteiger partial charge in [0, 0.05) is 30.6 Å². The Morgan fingerprint density at radius 3 is 2.59 bits per heavy atom. The summed E-state index contributed by atoms with van der Waals surface area (Å²) in [5, 5.41) is 9.10. The molecule has 8 heteroatoms. The third-order valence-electron chi connectivity index (χ3n) is 6.25. The minimum atomic E-state index is -0.276. The zero-order valence-corrected chi connectivity index (χ0v) is 19.1. The van der Waals surface area contributed by atoms with Gasteiger partial charge in [-0.05, 0) is 66.9 Å². The predicted octanol–water partition coefficient (Wildman–Crippen LogP) is 3.73. The van der Waals surface area contributed by atoms with Crippen molar-refractivity contribution in [2.75, 3.05) is 18.4 Å². The maximum absolute atomic E-state index is 13.2. The zero-order chi connectivity index (χ0) is 23.5. The normalized spacial score (nSPS) is 15.7. The molecule has 0 atom stereocenters. The first-order valence-electron chi connectivity index (χ1n) is 11.6. The molecule has 2 amide bonds. The number of aromatic nitrogens is 1. The smallest absolute Gasteiger partial charge is 0.274 e. The fraction of sp³-hybridized carbons (Fsp3) is 0.346. The minimum absolute atomic E-state index is 0.140. The fourth-order valence-corrected chi connectivity index (χ4v) is 4.44. The number of nitrogens with zero attached hydrogens (tertiary/aromatic N) is 1. The van der Waals surface area contributed by atoms with E-state index in [9.17, 15) is 9.59 Å². The van der Waals surface area contributed by atoms with Crippen LogP contribution in [-0.4, -0.2) is 29.9 Å². The Labute approximate surface area is 198 Å². The lowest BCUT2D eigenvalue weighted by Crippen LogP contribution is -2.27. The van der Waals surface area contributed by atoms with Crippen molar-refractivity contribution in [2.45, 2.75) is 45.4 Å². The predicted molar refractivity (Wildman–Crippen MR) is 127 cm³/mol. The molecular formula is C26H28N4O4. The van der Waals surface area contributed by atoms with Gasteiger partial charge in [-0.2, -0.15) is 0 Å². The second-order valence-electron chi connectivity index (χ2n) is 8.79. The standard InChI is InChI=1S/C26H28N4O4/c1-16(31)29-22-6-4-18(5-7-22)24-23(30-26(34-24)19-8-10-27-11-9-19)25(32)28-13-17-2-3-20-14-33-15-21(20)12-17/h2-7,12,19,27H,8-11,13-15H2,1H3,(H,28,32)(H,29,31). The van der Waals surface area contributed by atoms with Crippen LogP contribution in [0.3, 0.4) is 0 Å². The number of anilines is 1. The monoisotopic (exact) mass is 460 g/mol. The molecule has 3 aromatic rings. The molecule has 3 heterocycles. The summed E-state index contributed by atoms with van der Waals surface area (Å²) in [5.41, 5.74) is 5.08. The van der Waals surface area contributed by atoms with Crippen LogP contribution in [0.5, 0.6) is 0 Å². The number of hydrogen-bond donors (Lipinski definition) is 3. The molecule has 2 aromatic carbocycles. The van der Waals surface area contributed by atoms with E-state index in [0.717, 1.165) is 37.1 Å². The van der Waals surface area contributed by atoms with Crippen LogP contribution in [0.1, 0.15) is 58.8 Å². The van der Waals surface area contributed by atoms with E-state index in [1.807, 2.05) is 18.2 Å². The second kappa shape index (κ2) is 9.79. The summed E-state index contributed by atoms with van der Waals surface area (Å²) in [6.07, 6.45) is 1.83. The number of hydrogen-bond acceptors (Lipinski definition) is 6. The molecule has 34 heavy (non-hydrogen) atoms.